The highest BCUT2D eigenvalue weighted by Crippen LogP contribution is 2.38. The van der Waals surface area contributed by atoms with Gasteiger partial charge in [0.2, 0.25) is 0 Å². The van der Waals surface area contributed by atoms with Gasteiger partial charge in [-0.2, -0.15) is 10.2 Å². The number of nitrogens with one attached hydrogen (secondary N) is 2. The van der Waals surface area contributed by atoms with Crippen molar-refractivity contribution in [3.8, 4) is 12.3 Å². The van der Waals surface area contributed by atoms with Crippen molar-refractivity contribution in [3.05, 3.63) is 58.1 Å². The van der Waals surface area contributed by atoms with Crippen LogP contribution in [0.3, 0.4) is 0 Å². The van der Waals surface area contributed by atoms with Crippen LogP contribution in [0.5, 0.6) is 0 Å². The van der Waals surface area contributed by atoms with E-state index in [1.165, 1.54) is 40.3 Å². The molecular weight excluding hydrogens is 490 g/mol. The summed E-state index contributed by atoms with van der Waals surface area (Å²) in [5, 5.41) is 10.7. The Hall–Kier alpha value is -3.71. The molecule has 3 aliphatic rings. The average Bonchev–Trinajstić information content (AvgIpc) is 3.23. The molecule has 9 nitrogen and oxygen atoms in total. The first kappa shape index (κ1) is 25.0. The number of anilines is 1. The molecular formula is C27H29N5O4S. The van der Waals surface area contributed by atoms with Gasteiger partial charge >= 0.3 is 6.03 Å². The van der Waals surface area contributed by atoms with Crippen LogP contribution in [-0.2, 0) is 35.7 Å². The molecule has 3 amide bonds. The molecule has 0 atom stereocenters. The SMILES string of the molecule is C#CCN(CCC1(C)N=N1)C(=O)c1ccc(S(=O)(=O)NC(=O)Nc2c3c(cc4c2CCC4)CCC3)cc1. The molecule has 0 bridgehead atoms. The van der Waals surface area contributed by atoms with Gasteiger partial charge < -0.3 is 10.2 Å². The number of rotatable bonds is 8. The molecule has 192 valence electrons. The molecule has 0 aromatic heterocycles. The number of aryl methyl sites for hydroxylation is 2. The minimum absolute atomic E-state index is 0.115. The van der Waals surface area contributed by atoms with Crippen molar-refractivity contribution in [1.29, 1.82) is 0 Å². The number of hydrogen-bond donors (Lipinski definition) is 2. The van der Waals surface area contributed by atoms with Gasteiger partial charge in [0.05, 0.1) is 11.4 Å². The molecule has 0 radical (unpaired) electrons. The Labute approximate surface area is 216 Å². The van der Waals surface area contributed by atoms with Crippen molar-refractivity contribution in [1.82, 2.24) is 9.62 Å². The summed E-state index contributed by atoms with van der Waals surface area (Å²) in [4.78, 5) is 27.1. The largest absolute Gasteiger partial charge is 0.333 e. The van der Waals surface area contributed by atoms with Gasteiger partial charge in [0.25, 0.3) is 15.9 Å². The highest BCUT2D eigenvalue weighted by molar-refractivity contribution is 7.90. The molecule has 2 aromatic carbocycles. The smallest absolute Gasteiger partial charge is 0.327 e. The molecule has 0 unspecified atom stereocenters. The Bertz CT molecular complexity index is 1400. The third-order valence-electron chi connectivity index (χ3n) is 7.22. The van der Waals surface area contributed by atoms with Gasteiger partial charge in [0.1, 0.15) is 0 Å². The maximum absolute atomic E-state index is 12.9. The molecule has 10 heteroatoms. The Kier molecular flexibility index (Phi) is 6.50. The third-order valence-corrected chi connectivity index (χ3v) is 8.56. The number of amides is 3. The van der Waals surface area contributed by atoms with Crippen molar-refractivity contribution >= 4 is 27.6 Å². The first-order valence-electron chi connectivity index (χ1n) is 12.5. The molecule has 0 spiro atoms. The minimum Gasteiger partial charge on any atom is -0.327 e. The highest BCUT2D eigenvalue weighted by atomic mass is 32.2. The predicted octanol–water partition coefficient (Wildman–Crippen LogP) is 3.82. The second-order valence-electron chi connectivity index (χ2n) is 9.92. The maximum Gasteiger partial charge on any atom is 0.333 e. The summed E-state index contributed by atoms with van der Waals surface area (Å²) < 4.78 is 28.0. The standard InChI is InChI=1S/C27H29N5O4S/c1-3-15-32(16-14-27(2)30-31-27)25(33)18-10-12-21(13-11-18)37(35,36)29-26(34)28-24-22-8-4-6-19(22)17-20-7-5-9-23(20)24/h1,10-13,17H,4-9,14-16H2,2H3,(H2,28,29,34). The fourth-order valence-corrected chi connectivity index (χ4v) is 6.05. The van der Waals surface area contributed by atoms with E-state index in [1.807, 2.05) is 6.92 Å². The molecule has 2 N–H and O–H groups in total. The molecule has 5 rings (SSSR count). The van der Waals surface area contributed by atoms with E-state index in [1.54, 1.807) is 0 Å². The highest BCUT2D eigenvalue weighted by Gasteiger charge is 2.34. The Morgan fingerprint density at radius 3 is 2.24 bits per heavy atom. The number of nitrogens with zero attached hydrogens (tertiary/aromatic N) is 3. The van der Waals surface area contributed by atoms with E-state index < -0.39 is 21.7 Å². The predicted molar refractivity (Wildman–Crippen MR) is 139 cm³/mol. The zero-order valence-corrected chi connectivity index (χ0v) is 21.5. The zero-order chi connectivity index (χ0) is 26.2. The molecule has 0 saturated carbocycles. The number of fused-ring (bicyclic) bond motifs is 2. The zero-order valence-electron chi connectivity index (χ0n) is 20.7. The van der Waals surface area contributed by atoms with Gasteiger partial charge in [-0.05, 0) is 92.0 Å². The number of benzene rings is 2. The van der Waals surface area contributed by atoms with Crippen molar-refractivity contribution in [2.24, 2.45) is 10.2 Å². The lowest BCUT2D eigenvalue weighted by atomic mass is 9.99. The van der Waals surface area contributed by atoms with Crippen LogP contribution in [0.2, 0.25) is 0 Å². The van der Waals surface area contributed by atoms with Crippen LogP contribution < -0.4 is 10.0 Å². The van der Waals surface area contributed by atoms with Gasteiger partial charge in [-0.1, -0.05) is 12.0 Å². The Morgan fingerprint density at radius 2 is 1.68 bits per heavy atom. The van der Waals surface area contributed by atoms with Gasteiger partial charge in [-0.25, -0.2) is 17.9 Å². The second kappa shape index (κ2) is 9.63. The van der Waals surface area contributed by atoms with Crippen LogP contribution in [0.25, 0.3) is 0 Å². The van der Waals surface area contributed by atoms with Crippen LogP contribution in [0.1, 0.15) is 58.8 Å². The molecule has 0 saturated heterocycles. The van der Waals surface area contributed by atoms with E-state index in [0.717, 1.165) is 55.3 Å². The van der Waals surface area contributed by atoms with Gasteiger partial charge in [0.15, 0.2) is 5.66 Å². The van der Waals surface area contributed by atoms with E-state index in [4.69, 9.17) is 6.42 Å². The summed E-state index contributed by atoms with van der Waals surface area (Å²) in [5.74, 6) is 2.16. The molecule has 1 aliphatic heterocycles. The van der Waals surface area contributed by atoms with Crippen LogP contribution in [-0.4, -0.2) is 44.0 Å². The summed E-state index contributed by atoms with van der Waals surface area (Å²) >= 11 is 0. The quantitative estimate of drug-likeness (QED) is 0.515. The lowest BCUT2D eigenvalue weighted by Crippen LogP contribution is -2.35. The lowest BCUT2D eigenvalue weighted by molar-refractivity contribution is 0.0771. The summed E-state index contributed by atoms with van der Waals surface area (Å²) in [6.07, 6.45) is 11.7. The molecule has 2 aliphatic carbocycles. The number of carbonyl (C=O) groups excluding carboxylic acids is 2. The van der Waals surface area contributed by atoms with Gasteiger partial charge in [-0.3, -0.25) is 4.79 Å². The van der Waals surface area contributed by atoms with E-state index in [9.17, 15) is 18.0 Å². The van der Waals surface area contributed by atoms with Crippen LogP contribution in [0, 0.1) is 12.3 Å². The summed E-state index contributed by atoms with van der Waals surface area (Å²) in [6.45, 7) is 2.36. The lowest BCUT2D eigenvalue weighted by Gasteiger charge is -2.21. The molecule has 2 aromatic rings. The Balaban J connectivity index is 1.27. The molecule has 37 heavy (non-hydrogen) atoms. The van der Waals surface area contributed by atoms with Crippen molar-refractivity contribution in [2.75, 3.05) is 18.4 Å². The first-order chi connectivity index (χ1) is 17.7. The summed E-state index contributed by atoms with van der Waals surface area (Å²) in [6, 6.07) is 6.91. The second-order valence-corrected chi connectivity index (χ2v) is 11.6. The third kappa shape index (κ3) is 5.23. The number of sulfonamides is 1. The average molecular weight is 520 g/mol. The number of carbonyl (C=O) groups is 2. The van der Waals surface area contributed by atoms with Crippen LogP contribution in [0.4, 0.5) is 10.5 Å². The number of terminal acetylenes is 1. The van der Waals surface area contributed by atoms with E-state index in [-0.39, 0.29) is 17.3 Å². The van der Waals surface area contributed by atoms with E-state index in [0.29, 0.717) is 18.5 Å². The van der Waals surface area contributed by atoms with Crippen molar-refractivity contribution in [2.45, 2.75) is 62.4 Å². The van der Waals surface area contributed by atoms with Gasteiger partial charge in [0, 0.05) is 24.2 Å². The molecule has 1 heterocycles. The van der Waals surface area contributed by atoms with Crippen LogP contribution in [0.15, 0.2) is 45.5 Å². The maximum atomic E-state index is 12.9. The van der Waals surface area contributed by atoms with Gasteiger partial charge in [-0.15, -0.1) is 6.42 Å². The van der Waals surface area contributed by atoms with Crippen molar-refractivity contribution < 1.29 is 18.0 Å². The monoisotopic (exact) mass is 519 g/mol. The summed E-state index contributed by atoms with van der Waals surface area (Å²) in [7, 11) is -4.15. The number of hydrogen-bond acceptors (Lipinski definition) is 6. The summed E-state index contributed by atoms with van der Waals surface area (Å²) in [5.41, 5.74) is 5.32. The van der Waals surface area contributed by atoms with Crippen molar-refractivity contribution in [3.63, 3.8) is 0 Å². The first-order valence-corrected chi connectivity index (χ1v) is 13.9. The fraction of sp³-hybridized carbons (Fsp3) is 0.407. The normalized spacial score (nSPS) is 16.4. The number of urea groups is 1. The molecule has 0 fully saturated rings. The minimum atomic E-state index is -4.15. The fourth-order valence-electron chi connectivity index (χ4n) is 5.14. The van der Waals surface area contributed by atoms with E-state index >= 15 is 0 Å². The van der Waals surface area contributed by atoms with E-state index in [2.05, 4.69) is 32.3 Å². The Morgan fingerprint density at radius 1 is 1.05 bits per heavy atom. The van der Waals surface area contributed by atoms with Crippen LogP contribution >= 0.6 is 0 Å². The topological polar surface area (TPSA) is 120 Å².